The maximum absolute atomic E-state index is 11.5. The largest absolute Gasteiger partial charge is 0.480 e. The van der Waals surface area contributed by atoms with E-state index in [4.69, 9.17) is 5.11 Å². The molecule has 1 unspecified atom stereocenters. The molecule has 0 rings (SSSR count). The summed E-state index contributed by atoms with van der Waals surface area (Å²) in [6.07, 6.45) is 3.11. The van der Waals surface area contributed by atoms with Gasteiger partial charge in [-0.25, -0.2) is 4.79 Å². The van der Waals surface area contributed by atoms with Gasteiger partial charge in [-0.1, -0.05) is 13.8 Å². The van der Waals surface area contributed by atoms with Crippen LogP contribution in [-0.2, 0) is 9.59 Å². The average Bonchev–Trinajstić information content (AvgIpc) is 2.22. The Hall–Kier alpha value is -0.710. The topological polar surface area (TPSA) is 66.4 Å². The molecule has 0 aromatic carbocycles. The SMILES string of the molecule is CCC(C)C(=O)N[C@H](CCSC)C(=O)O. The number of carboxylic acids is 1. The monoisotopic (exact) mass is 233 g/mol. The van der Waals surface area contributed by atoms with Gasteiger partial charge in [0.15, 0.2) is 0 Å². The van der Waals surface area contributed by atoms with E-state index in [0.717, 1.165) is 12.2 Å². The standard InChI is InChI=1S/C10H19NO3S/c1-4-7(2)9(12)11-8(10(13)14)5-6-15-3/h7-8H,4-6H2,1-3H3,(H,11,12)(H,13,14)/t7?,8-/m1/s1. The summed E-state index contributed by atoms with van der Waals surface area (Å²) in [5.74, 6) is -0.523. The van der Waals surface area contributed by atoms with E-state index in [1.807, 2.05) is 13.2 Å². The van der Waals surface area contributed by atoms with E-state index in [1.165, 1.54) is 0 Å². The van der Waals surface area contributed by atoms with Crippen molar-refractivity contribution >= 4 is 23.6 Å². The second-order valence-corrected chi connectivity index (χ2v) is 4.48. The van der Waals surface area contributed by atoms with Crippen molar-refractivity contribution in [3.8, 4) is 0 Å². The minimum atomic E-state index is -0.958. The molecule has 0 aromatic rings. The molecule has 2 atom stereocenters. The van der Waals surface area contributed by atoms with Crippen molar-refractivity contribution in [2.24, 2.45) is 5.92 Å². The molecule has 0 aliphatic carbocycles. The fourth-order valence-corrected chi connectivity index (χ4v) is 1.46. The molecule has 0 aromatic heterocycles. The van der Waals surface area contributed by atoms with Crippen molar-refractivity contribution < 1.29 is 14.7 Å². The van der Waals surface area contributed by atoms with Gasteiger partial charge >= 0.3 is 5.97 Å². The van der Waals surface area contributed by atoms with Crippen LogP contribution in [-0.4, -0.2) is 35.0 Å². The van der Waals surface area contributed by atoms with Gasteiger partial charge in [0, 0.05) is 5.92 Å². The average molecular weight is 233 g/mol. The van der Waals surface area contributed by atoms with Gasteiger partial charge in [0.05, 0.1) is 0 Å². The zero-order chi connectivity index (χ0) is 11.8. The highest BCUT2D eigenvalue weighted by Gasteiger charge is 2.21. The molecule has 0 heterocycles. The van der Waals surface area contributed by atoms with Crippen LogP contribution in [0.15, 0.2) is 0 Å². The number of carbonyl (C=O) groups excluding carboxylic acids is 1. The van der Waals surface area contributed by atoms with Crippen LogP contribution < -0.4 is 5.32 Å². The molecule has 0 spiro atoms. The number of carboxylic acid groups (broad SMARTS) is 1. The highest BCUT2D eigenvalue weighted by atomic mass is 32.2. The summed E-state index contributed by atoms with van der Waals surface area (Å²) >= 11 is 1.57. The summed E-state index contributed by atoms with van der Waals surface area (Å²) in [4.78, 5) is 22.3. The predicted octanol–water partition coefficient (Wildman–Crippen LogP) is 1.35. The lowest BCUT2D eigenvalue weighted by molar-refractivity contribution is -0.142. The Kier molecular flexibility index (Phi) is 7.21. The molecule has 4 nitrogen and oxygen atoms in total. The Labute approximate surface area is 94.8 Å². The van der Waals surface area contributed by atoms with Crippen molar-refractivity contribution in [3.63, 3.8) is 0 Å². The van der Waals surface area contributed by atoms with E-state index in [2.05, 4.69) is 5.32 Å². The molecule has 15 heavy (non-hydrogen) atoms. The Bertz CT molecular complexity index is 221. The van der Waals surface area contributed by atoms with Crippen molar-refractivity contribution in [1.29, 1.82) is 0 Å². The Morgan fingerprint density at radius 1 is 1.47 bits per heavy atom. The van der Waals surface area contributed by atoms with Crippen molar-refractivity contribution in [1.82, 2.24) is 5.32 Å². The molecule has 0 aliphatic heterocycles. The number of nitrogens with one attached hydrogen (secondary N) is 1. The zero-order valence-corrected chi connectivity index (χ0v) is 10.3. The first-order chi connectivity index (χ1) is 7.02. The second-order valence-electron chi connectivity index (χ2n) is 3.49. The summed E-state index contributed by atoms with van der Waals surface area (Å²) < 4.78 is 0. The molecule has 0 aliphatic rings. The first-order valence-corrected chi connectivity index (χ1v) is 6.44. The maximum atomic E-state index is 11.5. The molecule has 0 saturated carbocycles. The van der Waals surface area contributed by atoms with Crippen LogP contribution in [0.3, 0.4) is 0 Å². The molecule has 0 bridgehead atoms. The summed E-state index contributed by atoms with van der Waals surface area (Å²) in [7, 11) is 0. The summed E-state index contributed by atoms with van der Waals surface area (Å²) in [5.41, 5.74) is 0. The van der Waals surface area contributed by atoms with Crippen LogP contribution in [0.25, 0.3) is 0 Å². The van der Waals surface area contributed by atoms with Crippen molar-refractivity contribution in [2.75, 3.05) is 12.0 Å². The Morgan fingerprint density at radius 2 is 2.07 bits per heavy atom. The molecule has 2 N–H and O–H groups in total. The number of carbonyl (C=O) groups is 2. The molecule has 0 fully saturated rings. The quantitative estimate of drug-likeness (QED) is 0.696. The minimum Gasteiger partial charge on any atom is -0.480 e. The molecule has 5 heteroatoms. The zero-order valence-electron chi connectivity index (χ0n) is 9.45. The third kappa shape index (κ3) is 5.67. The lowest BCUT2D eigenvalue weighted by atomic mass is 10.1. The molecular weight excluding hydrogens is 214 g/mol. The smallest absolute Gasteiger partial charge is 0.326 e. The van der Waals surface area contributed by atoms with Crippen LogP contribution in [0.2, 0.25) is 0 Å². The number of aliphatic carboxylic acids is 1. The van der Waals surface area contributed by atoms with E-state index in [-0.39, 0.29) is 11.8 Å². The third-order valence-corrected chi connectivity index (χ3v) is 2.93. The Morgan fingerprint density at radius 3 is 2.47 bits per heavy atom. The van der Waals surface area contributed by atoms with Gasteiger partial charge in [0.25, 0.3) is 0 Å². The van der Waals surface area contributed by atoms with E-state index in [1.54, 1.807) is 18.7 Å². The van der Waals surface area contributed by atoms with Crippen LogP contribution >= 0.6 is 11.8 Å². The van der Waals surface area contributed by atoms with Crippen LogP contribution in [0.1, 0.15) is 26.7 Å². The molecular formula is C10H19NO3S. The lowest BCUT2D eigenvalue weighted by Crippen LogP contribution is -2.43. The van der Waals surface area contributed by atoms with Gasteiger partial charge in [0.1, 0.15) is 6.04 Å². The van der Waals surface area contributed by atoms with Crippen molar-refractivity contribution in [3.05, 3.63) is 0 Å². The maximum Gasteiger partial charge on any atom is 0.326 e. The molecule has 0 radical (unpaired) electrons. The fraction of sp³-hybridized carbons (Fsp3) is 0.800. The second kappa shape index (κ2) is 7.56. The molecule has 0 saturated heterocycles. The van der Waals surface area contributed by atoms with Gasteiger partial charge in [-0.15, -0.1) is 0 Å². The Balaban J connectivity index is 4.16. The van der Waals surface area contributed by atoms with E-state index < -0.39 is 12.0 Å². The highest BCUT2D eigenvalue weighted by Crippen LogP contribution is 2.04. The minimum absolute atomic E-state index is 0.124. The lowest BCUT2D eigenvalue weighted by Gasteiger charge is -2.16. The first-order valence-electron chi connectivity index (χ1n) is 5.05. The van der Waals surface area contributed by atoms with Gasteiger partial charge in [-0.05, 0) is 24.9 Å². The number of rotatable bonds is 7. The summed E-state index contributed by atoms with van der Waals surface area (Å²) in [5, 5.41) is 11.4. The highest BCUT2D eigenvalue weighted by molar-refractivity contribution is 7.98. The number of amides is 1. The van der Waals surface area contributed by atoms with E-state index >= 15 is 0 Å². The number of hydrogen-bond donors (Lipinski definition) is 2. The summed E-state index contributed by atoms with van der Waals surface area (Å²) in [6, 6.07) is -0.751. The van der Waals surface area contributed by atoms with Crippen LogP contribution in [0.5, 0.6) is 0 Å². The number of thioether (sulfide) groups is 1. The van der Waals surface area contributed by atoms with Gasteiger partial charge in [0.2, 0.25) is 5.91 Å². The van der Waals surface area contributed by atoms with Crippen LogP contribution in [0.4, 0.5) is 0 Å². The van der Waals surface area contributed by atoms with Crippen molar-refractivity contribution in [2.45, 2.75) is 32.7 Å². The first kappa shape index (κ1) is 14.3. The summed E-state index contributed by atoms with van der Waals surface area (Å²) in [6.45, 7) is 3.70. The van der Waals surface area contributed by atoms with Crippen LogP contribution in [0, 0.1) is 5.92 Å². The molecule has 1 amide bonds. The van der Waals surface area contributed by atoms with E-state index in [9.17, 15) is 9.59 Å². The third-order valence-electron chi connectivity index (χ3n) is 2.29. The fourth-order valence-electron chi connectivity index (χ4n) is 0.992. The number of hydrogen-bond acceptors (Lipinski definition) is 3. The predicted molar refractivity (Wildman–Crippen MR) is 62.0 cm³/mol. The van der Waals surface area contributed by atoms with Gasteiger partial charge in [-0.2, -0.15) is 11.8 Å². The van der Waals surface area contributed by atoms with Gasteiger partial charge in [-0.3, -0.25) is 4.79 Å². The van der Waals surface area contributed by atoms with E-state index in [0.29, 0.717) is 6.42 Å². The molecule has 88 valence electrons. The van der Waals surface area contributed by atoms with Gasteiger partial charge < -0.3 is 10.4 Å². The normalized spacial score (nSPS) is 14.3.